The summed E-state index contributed by atoms with van der Waals surface area (Å²) in [5, 5.41) is 8.32. The van der Waals surface area contributed by atoms with Gasteiger partial charge in [-0.3, -0.25) is 4.99 Å². The molecule has 0 amide bonds. The van der Waals surface area contributed by atoms with Crippen molar-refractivity contribution < 1.29 is 18.3 Å². The molecule has 0 atom stereocenters. The average molecular weight is 497 g/mol. The molecule has 0 radical (unpaired) electrons. The van der Waals surface area contributed by atoms with Crippen molar-refractivity contribution in [1.82, 2.24) is 10.6 Å². The van der Waals surface area contributed by atoms with Crippen LogP contribution in [-0.4, -0.2) is 33.3 Å². The Bertz CT molecular complexity index is 685. The summed E-state index contributed by atoms with van der Waals surface area (Å²) in [7, 11) is 3.13. The zero-order chi connectivity index (χ0) is 18.1. The molecule has 0 bridgehead atoms. The molecule has 0 spiro atoms. The van der Waals surface area contributed by atoms with Crippen molar-refractivity contribution in [2.75, 3.05) is 20.7 Å². The van der Waals surface area contributed by atoms with Crippen LogP contribution in [0.3, 0.4) is 0 Å². The fourth-order valence-corrected chi connectivity index (χ4v) is 2.88. The highest BCUT2D eigenvalue weighted by Crippen LogP contribution is 2.26. The highest BCUT2D eigenvalue weighted by atomic mass is 127. The number of nitrogens with zero attached hydrogens (tertiary/aromatic N) is 1. The SMILES string of the molecule is CN=C(NCCc1cccs1)NCc1ccc(OC)cc1OC(F)F.I. The number of halogens is 3. The van der Waals surface area contributed by atoms with Crippen LogP contribution in [0, 0.1) is 0 Å². The van der Waals surface area contributed by atoms with E-state index in [0.717, 1.165) is 13.0 Å². The number of guanidine groups is 1. The molecule has 2 aromatic rings. The summed E-state index contributed by atoms with van der Waals surface area (Å²) in [6, 6.07) is 8.91. The van der Waals surface area contributed by atoms with Crippen molar-refractivity contribution in [1.29, 1.82) is 0 Å². The minimum absolute atomic E-state index is 0. The van der Waals surface area contributed by atoms with Crippen molar-refractivity contribution in [2.24, 2.45) is 4.99 Å². The number of hydrogen-bond acceptors (Lipinski definition) is 4. The number of hydrogen-bond donors (Lipinski definition) is 2. The maximum absolute atomic E-state index is 12.6. The van der Waals surface area contributed by atoms with Crippen molar-refractivity contribution in [2.45, 2.75) is 19.6 Å². The largest absolute Gasteiger partial charge is 0.497 e. The lowest BCUT2D eigenvalue weighted by molar-refractivity contribution is -0.0505. The Balaban J connectivity index is 0.00000338. The van der Waals surface area contributed by atoms with Crippen LogP contribution in [0.1, 0.15) is 10.4 Å². The number of rotatable bonds is 8. The Morgan fingerprint density at radius 3 is 2.69 bits per heavy atom. The number of benzene rings is 1. The number of aliphatic imine (C=N–C) groups is 1. The highest BCUT2D eigenvalue weighted by Gasteiger charge is 2.11. The summed E-state index contributed by atoms with van der Waals surface area (Å²) in [5.41, 5.74) is 0.585. The minimum Gasteiger partial charge on any atom is -0.497 e. The van der Waals surface area contributed by atoms with Crippen LogP contribution in [0.15, 0.2) is 40.7 Å². The Morgan fingerprint density at radius 2 is 2.08 bits per heavy atom. The van der Waals surface area contributed by atoms with Crippen LogP contribution in [0.2, 0.25) is 0 Å². The summed E-state index contributed by atoms with van der Waals surface area (Å²) >= 11 is 1.70. The van der Waals surface area contributed by atoms with Gasteiger partial charge < -0.3 is 20.1 Å². The molecule has 0 saturated heterocycles. The fraction of sp³-hybridized carbons (Fsp3) is 0.353. The van der Waals surface area contributed by atoms with E-state index in [1.807, 2.05) is 11.4 Å². The van der Waals surface area contributed by atoms with E-state index in [4.69, 9.17) is 4.74 Å². The molecule has 2 N–H and O–H groups in total. The van der Waals surface area contributed by atoms with Crippen molar-refractivity contribution in [3.05, 3.63) is 46.2 Å². The number of ether oxygens (including phenoxy) is 2. The molecule has 26 heavy (non-hydrogen) atoms. The summed E-state index contributed by atoms with van der Waals surface area (Å²) in [5.74, 6) is 1.13. The molecule has 5 nitrogen and oxygen atoms in total. The first-order valence-electron chi connectivity index (χ1n) is 7.71. The van der Waals surface area contributed by atoms with E-state index in [9.17, 15) is 8.78 Å². The van der Waals surface area contributed by atoms with Gasteiger partial charge in [-0.15, -0.1) is 35.3 Å². The van der Waals surface area contributed by atoms with E-state index >= 15 is 0 Å². The molecule has 0 fully saturated rings. The minimum atomic E-state index is -2.89. The molecule has 1 heterocycles. The molecule has 1 aromatic heterocycles. The molecule has 0 unspecified atom stereocenters. The van der Waals surface area contributed by atoms with E-state index < -0.39 is 6.61 Å². The maximum Gasteiger partial charge on any atom is 0.387 e. The number of thiophene rings is 1. The number of nitrogens with one attached hydrogen (secondary N) is 2. The smallest absolute Gasteiger partial charge is 0.387 e. The van der Waals surface area contributed by atoms with Gasteiger partial charge in [0.15, 0.2) is 5.96 Å². The summed E-state index contributed by atoms with van der Waals surface area (Å²) in [6.45, 7) is -1.87. The predicted molar refractivity (Wildman–Crippen MR) is 111 cm³/mol. The molecule has 0 saturated carbocycles. The monoisotopic (exact) mass is 497 g/mol. The third kappa shape index (κ3) is 7.32. The molecule has 0 aliphatic rings. The standard InChI is InChI=1S/C17H21F2N3O2S.HI/c1-20-17(21-8-7-14-4-3-9-25-14)22-11-12-5-6-13(23-2)10-15(12)24-16(18)19;/h3-6,9-10,16H,7-8,11H2,1-2H3,(H2,20,21,22);1H. The van der Waals surface area contributed by atoms with Crippen molar-refractivity contribution in [3.8, 4) is 11.5 Å². The van der Waals surface area contributed by atoms with E-state index in [1.165, 1.54) is 18.1 Å². The second kappa shape index (κ2) is 11.9. The van der Waals surface area contributed by atoms with Gasteiger partial charge in [0.05, 0.1) is 7.11 Å². The van der Waals surface area contributed by atoms with Gasteiger partial charge in [0.1, 0.15) is 11.5 Å². The lowest BCUT2D eigenvalue weighted by Gasteiger charge is -2.15. The lowest BCUT2D eigenvalue weighted by atomic mass is 10.2. The van der Waals surface area contributed by atoms with Crippen LogP contribution in [-0.2, 0) is 13.0 Å². The van der Waals surface area contributed by atoms with Crippen LogP contribution >= 0.6 is 35.3 Å². The predicted octanol–water partition coefficient (Wildman–Crippen LogP) is 3.88. The van der Waals surface area contributed by atoms with Gasteiger partial charge >= 0.3 is 6.61 Å². The van der Waals surface area contributed by atoms with Gasteiger partial charge in [0.2, 0.25) is 0 Å². The quantitative estimate of drug-likeness (QED) is 0.330. The van der Waals surface area contributed by atoms with Gasteiger partial charge in [-0.05, 0) is 30.0 Å². The lowest BCUT2D eigenvalue weighted by Crippen LogP contribution is -2.37. The molecular formula is C17H22F2IN3O2S. The summed E-state index contributed by atoms with van der Waals surface area (Å²) in [4.78, 5) is 5.41. The molecule has 0 aliphatic heterocycles. The topological polar surface area (TPSA) is 54.9 Å². The highest BCUT2D eigenvalue weighted by molar-refractivity contribution is 14.0. The molecule has 9 heteroatoms. The molecule has 0 aliphatic carbocycles. The van der Waals surface area contributed by atoms with Gasteiger partial charge in [-0.2, -0.15) is 8.78 Å². The zero-order valence-electron chi connectivity index (χ0n) is 14.5. The fourth-order valence-electron chi connectivity index (χ4n) is 2.17. The van der Waals surface area contributed by atoms with Crippen LogP contribution < -0.4 is 20.1 Å². The Kier molecular flexibility index (Phi) is 10.3. The Morgan fingerprint density at radius 1 is 1.27 bits per heavy atom. The summed E-state index contributed by atoms with van der Waals surface area (Å²) in [6.07, 6.45) is 0.890. The van der Waals surface area contributed by atoms with E-state index in [0.29, 0.717) is 23.8 Å². The third-order valence-electron chi connectivity index (χ3n) is 3.40. The van der Waals surface area contributed by atoms with Crippen LogP contribution in [0.25, 0.3) is 0 Å². The average Bonchev–Trinajstić information content (AvgIpc) is 3.11. The van der Waals surface area contributed by atoms with E-state index in [2.05, 4.69) is 26.4 Å². The summed E-state index contributed by atoms with van der Waals surface area (Å²) < 4.78 is 34.8. The van der Waals surface area contributed by atoms with Gasteiger partial charge in [0, 0.05) is 36.6 Å². The number of methoxy groups -OCH3 is 1. The first-order valence-corrected chi connectivity index (χ1v) is 8.59. The Hall–Kier alpha value is -1.62. The second-order valence-corrected chi connectivity index (χ2v) is 6.07. The van der Waals surface area contributed by atoms with Crippen molar-refractivity contribution >= 4 is 41.3 Å². The maximum atomic E-state index is 12.6. The molecule has 1 aromatic carbocycles. The van der Waals surface area contributed by atoms with Crippen molar-refractivity contribution in [3.63, 3.8) is 0 Å². The number of alkyl halides is 2. The van der Waals surface area contributed by atoms with E-state index in [-0.39, 0.29) is 29.7 Å². The zero-order valence-corrected chi connectivity index (χ0v) is 17.6. The first-order chi connectivity index (χ1) is 12.1. The van der Waals surface area contributed by atoms with E-state index in [1.54, 1.807) is 30.5 Å². The normalized spacial score (nSPS) is 11.0. The molecular weight excluding hydrogens is 475 g/mol. The van der Waals surface area contributed by atoms with Gasteiger partial charge in [-0.25, -0.2) is 0 Å². The van der Waals surface area contributed by atoms with Crippen LogP contribution in [0.4, 0.5) is 8.78 Å². The molecule has 144 valence electrons. The first kappa shape index (κ1) is 22.4. The van der Waals surface area contributed by atoms with Gasteiger partial charge in [0.25, 0.3) is 0 Å². The molecule has 2 rings (SSSR count). The second-order valence-electron chi connectivity index (χ2n) is 5.03. The Labute approximate surface area is 172 Å². The van der Waals surface area contributed by atoms with Gasteiger partial charge in [-0.1, -0.05) is 6.07 Å². The van der Waals surface area contributed by atoms with Crippen LogP contribution in [0.5, 0.6) is 11.5 Å². The third-order valence-corrected chi connectivity index (χ3v) is 4.34.